The molecule has 0 spiro atoms. The summed E-state index contributed by atoms with van der Waals surface area (Å²) >= 11 is 0. The van der Waals surface area contributed by atoms with Crippen LogP contribution in [0, 0.1) is 6.92 Å². The molecule has 0 atom stereocenters. The number of esters is 1. The summed E-state index contributed by atoms with van der Waals surface area (Å²) in [5.41, 5.74) is 4.70. The highest BCUT2D eigenvalue weighted by Gasteiger charge is 2.14. The van der Waals surface area contributed by atoms with Gasteiger partial charge >= 0.3 is 5.97 Å². The van der Waals surface area contributed by atoms with Gasteiger partial charge in [-0.2, -0.15) is 5.10 Å². The number of nitrogens with zero attached hydrogens (tertiary/aromatic N) is 1. The molecule has 0 unspecified atom stereocenters. The minimum Gasteiger partial charge on any atom is -0.423 e. The zero-order valence-electron chi connectivity index (χ0n) is 18.3. The molecule has 0 fully saturated rings. The molecule has 8 nitrogen and oxygen atoms in total. The summed E-state index contributed by atoms with van der Waals surface area (Å²) in [5, 5.41) is 3.80. The zero-order valence-corrected chi connectivity index (χ0v) is 19.2. The number of carbonyl (C=O) groups excluding carboxylic acids is 2. The Morgan fingerprint density at radius 3 is 2.26 bits per heavy atom. The number of benzene rings is 3. The Bertz CT molecular complexity index is 1280. The maximum Gasteiger partial charge on any atom is 0.336 e. The number of amides is 1. The Labute approximate surface area is 198 Å². The maximum absolute atomic E-state index is 12.2. The van der Waals surface area contributed by atoms with Gasteiger partial charge in [-0.05, 0) is 60.5 Å². The van der Waals surface area contributed by atoms with E-state index in [1.807, 2.05) is 37.3 Å². The third-order valence-electron chi connectivity index (χ3n) is 4.47. The van der Waals surface area contributed by atoms with Gasteiger partial charge < -0.3 is 4.74 Å². The predicted molar refractivity (Wildman–Crippen MR) is 130 cm³/mol. The smallest absolute Gasteiger partial charge is 0.336 e. The summed E-state index contributed by atoms with van der Waals surface area (Å²) in [6.45, 7) is 1.39. The molecule has 9 heteroatoms. The second kappa shape index (κ2) is 11.7. The van der Waals surface area contributed by atoms with E-state index < -0.39 is 28.4 Å². The van der Waals surface area contributed by atoms with Crippen molar-refractivity contribution in [3.8, 4) is 5.75 Å². The van der Waals surface area contributed by atoms with E-state index in [4.69, 9.17) is 4.74 Å². The third-order valence-corrected chi connectivity index (χ3v) is 5.88. The van der Waals surface area contributed by atoms with Gasteiger partial charge in [0.05, 0.1) is 17.7 Å². The summed E-state index contributed by atoms with van der Waals surface area (Å²) in [4.78, 5) is 23.9. The van der Waals surface area contributed by atoms with Crippen LogP contribution in [0.1, 0.15) is 16.7 Å². The van der Waals surface area contributed by atoms with Crippen LogP contribution in [0.5, 0.6) is 5.75 Å². The zero-order chi connectivity index (χ0) is 24.4. The van der Waals surface area contributed by atoms with Gasteiger partial charge in [-0.15, -0.1) is 0 Å². The first-order valence-corrected chi connectivity index (χ1v) is 11.7. The predicted octanol–water partition coefficient (Wildman–Crippen LogP) is 3.04. The number of hydrazone groups is 1. The SMILES string of the molecule is Cc1ccc(S(=O)(=O)NCC(=O)N/N=C/c2ccc(OC(=O)/C=C/c3ccccc3)cc2)cc1. The summed E-state index contributed by atoms with van der Waals surface area (Å²) < 4.78 is 31.8. The second-order valence-electron chi connectivity index (χ2n) is 7.16. The number of aryl methyl sites for hydroxylation is 1. The van der Waals surface area contributed by atoms with E-state index >= 15 is 0 Å². The number of hydrogen-bond acceptors (Lipinski definition) is 6. The molecule has 3 aromatic carbocycles. The molecule has 3 rings (SSSR count). The standard InChI is InChI=1S/C25H23N3O5S/c1-19-7-14-23(15-8-19)34(31,32)27-18-24(29)28-26-17-21-9-12-22(13-10-21)33-25(30)16-11-20-5-3-2-4-6-20/h2-17,27H,18H2,1H3,(H,28,29)/b16-11+,26-17+. The van der Waals surface area contributed by atoms with Crippen LogP contribution in [0.15, 0.2) is 94.9 Å². The largest absolute Gasteiger partial charge is 0.423 e. The van der Waals surface area contributed by atoms with E-state index in [-0.39, 0.29) is 4.90 Å². The van der Waals surface area contributed by atoms with E-state index in [0.29, 0.717) is 11.3 Å². The van der Waals surface area contributed by atoms with Crippen LogP contribution < -0.4 is 14.9 Å². The molecule has 0 aliphatic carbocycles. The molecule has 0 bridgehead atoms. The first kappa shape index (κ1) is 24.6. The van der Waals surface area contributed by atoms with E-state index in [2.05, 4.69) is 15.2 Å². The minimum absolute atomic E-state index is 0.0748. The second-order valence-corrected chi connectivity index (χ2v) is 8.93. The van der Waals surface area contributed by atoms with Crippen molar-refractivity contribution in [2.24, 2.45) is 5.10 Å². The summed E-state index contributed by atoms with van der Waals surface area (Å²) in [6.07, 6.45) is 4.38. The van der Waals surface area contributed by atoms with Crippen LogP contribution in [0.3, 0.4) is 0 Å². The molecule has 1 amide bonds. The van der Waals surface area contributed by atoms with Gasteiger partial charge in [0, 0.05) is 6.08 Å². The van der Waals surface area contributed by atoms with Gasteiger partial charge in [-0.25, -0.2) is 23.4 Å². The molecule has 0 saturated heterocycles. The number of hydrogen-bond donors (Lipinski definition) is 2. The number of nitrogens with one attached hydrogen (secondary N) is 2. The van der Waals surface area contributed by atoms with E-state index in [0.717, 1.165) is 11.1 Å². The van der Waals surface area contributed by atoms with E-state index in [9.17, 15) is 18.0 Å². The van der Waals surface area contributed by atoms with Gasteiger partial charge in [0.25, 0.3) is 5.91 Å². The first-order valence-electron chi connectivity index (χ1n) is 10.2. The van der Waals surface area contributed by atoms with Gasteiger partial charge in [0.1, 0.15) is 5.75 Å². The minimum atomic E-state index is -3.79. The molecular weight excluding hydrogens is 454 g/mol. The molecular formula is C25H23N3O5S. The molecule has 0 radical (unpaired) electrons. The third kappa shape index (κ3) is 7.80. The molecule has 0 heterocycles. The van der Waals surface area contributed by atoms with Crippen LogP contribution in [-0.2, 0) is 19.6 Å². The van der Waals surface area contributed by atoms with Crippen LogP contribution >= 0.6 is 0 Å². The summed E-state index contributed by atoms with van der Waals surface area (Å²) in [7, 11) is -3.79. The van der Waals surface area contributed by atoms with Crippen molar-refractivity contribution in [1.82, 2.24) is 10.1 Å². The molecule has 3 aromatic rings. The fourth-order valence-electron chi connectivity index (χ4n) is 2.68. The summed E-state index contributed by atoms with van der Waals surface area (Å²) in [6, 6.07) is 22.1. The van der Waals surface area contributed by atoms with Crippen molar-refractivity contribution in [2.75, 3.05) is 6.54 Å². The normalized spacial score (nSPS) is 11.6. The Morgan fingerprint density at radius 1 is 0.912 bits per heavy atom. The quantitative estimate of drug-likeness (QED) is 0.162. The molecule has 0 aliphatic heterocycles. The average Bonchev–Trinajstić information content (AvgIpc) is 2.84. The summed E-state index contributed by atoms with van der Waals surface area (Å²) in [5.74, 6) is -0.775. The highest BCUT2D eigenvalue weighted by atomic mass is 32.2. The molecule has 34 heavy (non-hydrogen) atoms. The maximum atomic E-state index is 12.2. The molecule has 0 aromatic heterocycles. The van der Waals surface area contributed by atoms with E-state index in [1.54, 1.807) is 42.5 Å². The van der Waals surface area contributed by atoms with Gasteiger partial charge in [0.15, 0.2) is 0 Å². The Kier molecular flexibility index (Phi) is 8.44. The van der Waals surface area contributed by atoms with Crippen molar-refractivity contribution in [2.45, 2.75) is 11.8 Å². The monoisotopic (exact) mass is 477 g/mol. The van der Waals surface area contributed by atoms with Crippen LogP contribution in [0.4, 0.5) is 0 Å². The number of sulfonamides is 1. The van der Waals surface area contributed by atoms with Crippen LogP contribution in [0.25, 0.3) is 6.08 Å². The fraction of sp³-hybridized carbons (Fsp3) is 0.0800. The Hall–Kier alpha value is -4.08. The van der Waals surface area contributed by atoms with Crippen LogP contribution in [-0.4, -0.2) is 33.1 Å². The molecule has 0 aliphatic rings. The lowest BCUT2D eigenvalue weighted by atomic mass is 10.2. The number of carbonyl (C=O) groups is 2. The van der Waals surface area contributed by atoms with Crippen LogP contribution in [0.2, 0.25) is 0 Å². The lowest BCUT2D eigenvalue weighted by Gasteiger charge is -2.06. The van der Waals surface area contributed by atoms with Crippen molar-refractivity contribution in [1.29, 1.82) is 0 Å². The first-order chi connectivity index (χ1) is 16.3. The van der Waals surface area contributed by atoms with E-state index in [1.165, 1.54) is 24.4 Å². The number of ether oxygens (including phenoxy) is 1. The molecule has 0 saturated carbocycles. The average molecular weight is 478 g/mol. The van der Waals surface area contributed by atoms with Gasteiger partial charge in [-0.1, -0.05) is 48.0 Å². The highest BCUT2D eigenvalue weighted by Crippen LogP contribution is 2.12. The Balaban J connectivity index is 1.44. The number of rotatable bonds is 9. The Morgan fingerprint density at radius 2 is 1.59 bits per heavy atom. The van der Waals surface area contributed by atoms with Crippen molar-refractivity contribution in [3.05, 3.63) is 102 Å². The molecule has 174 valence electrons. The fourth-order valence-corrected chi connectivity index (χ4v) is 3.66. The van der Waals surface area contributed by atoms with Gasteiger partial charge in [0.2, 0.25) is 10.0 Å². The van der Waals surface area contributed by atoms with Crippen molar-refractivity contribution >= 4 is 34.2 Å². The highest BCUT2D eigenvalue weighted by molar-refractivity contribution is 7.89. The van der Waals surface area contributed by atoms with Crippen molar-refractivity contribution < 1.29 is 22.7 Å². The lowest BCUT2D eigenvalue weighted by molar-refractivity contribution is -0.129. The van der Waals surface area contributed by atoms with Crippen molar-refractivity contribution in [3.63, 3.8) is 0 Å². The molecule has 2 N–H and O–H groups in total. The van der Waals surface area contributed by atoms with Gasteiger partial charge in [-0.3, -0.25) is 4.79 Å². The lowest BCUT2D eigenvalue weighted by Crippen LogP contribution is -2.34. The topological polar surface area (TPSA) is 114 Å².